The van der Waals surface area contributed by atoms with Crippen LogP contribution in [0.4, 0.5) is 0 Å². The van der Waals surface area contributed by atoms with Gasteiger partial charge in [0.25, 0.3) is 0 Å². The van der Waals surface area contributed by atoms with Crippen LogP contribution in [0.1, 0.15) is 130 Å². The maximum Gasteiger partial charge on any atom is 0.129 e. The van der Waals surface area contributed by atoms with Crippen molar-refractivity contribution in [2.24, 2.45) is 7.05 Å². The van der Waals surface area contributed by atoms with Gasteiger partial charge in [0.05, 0.1) is 11.0 Å². The molecule has 0 aliphatic heterocycles. The van der Waals surface area contributed by atoms with E-state index >= 15 is 0 Å². The minimum absolute atomic E-state index is 0.792. The van der Waals surface area contributed by atoms with E-state index in [0.717, 1.165) is 63.0 Å². The smallest absolute Gasteiger partial charge is 0.129 e. The largest absolute Gasteiger partial charge is 0.331 e. The van der Waals surface area contributed by atoms with E-state index in [0.29, 0.717) is 0 Å². The van der Waals surface area contributed by atoms with E-state index in [1.54, 1.807) is 0 Å². The Kier molecular flexibility index (Phi) is 17.0. The lowest BCUT2D eigenvalue weighted by Crippen LogP contribution is -1.98. The molecule has 0 radical (unpaired) electrons. The van der Waals surface area contributed by atoms with Crippen molar-refractivity contribution in [3.63, 3.8) is 0 Å². The Bertz CT molecular complexity index is 2120. The van der Waals surface area contributed by atoms with Gasteiger partial charge in [-0.1, -0.05) is 0 Å². The topological polar surface area (TPSA) is 95.2 Å². The highest BCUT2D eigenvalue weighted by molar-refractivity contribution is 5.85. The van der Waals surface area contributed by atoms with Gasteiger partial charge >= 0.3 is 0 Å². The molecule has 0 saturated carbocycles. The van der Waals surface area contributed by atoms with Gasteiger partial charge in [0, 0.05) is 41.2 Å². The fourth-order valence-corrected chi connectivity index (χ4v) is 6.73. The molecule has 0 amide bonds. The number of imidazole rings is 1. The number of fused-ring (bicyclic) bond motifs is 1. The van der Waals surface area contributed by atoms with Crippen molar-refractivity contribution in [3.05, 3.63) is 130 Å². The summed E-state index contributed by atoms with van der Waals surface area (Å²) in [6.07, 6.45) is 0. The molecular weight excluding hydrogens is 701 g/mol. The predicted octanol–water partition coefficient (Wildman–Crippen LogP) is 11.8. The Labute approximate surface area is 345 Å². The summed E-state index contributed by atoms with van der Waals surface area (Å²) < 4.78 is 2.18. The molecule has 0 N–H and O–H groups in total. The van der Waals surface area contributed by atoms with E-state index in [-0.39, 0.29) is 0 Å². The SMILES string of the molecule is Cc1c(C)c(C)c2c(nc(C)n2C)c1C.Cc1nc(C)c(C)c(C)c1C.Cc1nc(C)c(C)c(C)c1C.Cc1nc(C)c(C)c(C)c1C.Cc1nc(C)nc(C)n1. The summed E-state index contributed by atoms with van der Waals surface area (Å²) in [5.41, 5.74) is 26.9. The van der Waals surface area contributed by atoms with Gasteiger partial charge in [0.15, 0.2) is 0 Å². The molecule has 1 aromatic carbocycles. The maximum absolute atomic E-state index is 4.64. The molecule has 6 rings (SSSR count). The highest BCUT2D eigenvalue weighted by Gasteiger charge is 2.14. The lowest BCUT2D eigenvalue weighted by atomic mass is 9.97. The molecule has 5 aromatic heterocycles. The lowest BCUT2D eigenvalue weighted by Gasteiger charge is -2.11. The van der Waals surface area contributed by atoms with Crippen LogP contribution in [0.3, 0.4) is 0 Å². The van der Waals surface area contributed by atoms with Crippen LogP contribution in [0.15, 0.2) is 0 Å². The second kappa shape index (κ2) is 20.0. The molecule has 8 heteroatoms. The molecule has 0 fully saturated rings. The minimum Gasteiger partial charge on any atom is -0.331 e. The van der Waals surface area contributed by atoms with Gasteiger partial charge < -0.3 is 4.57 Å². The zero-order valence-electron chi connectivity index (χ0n) is 40.1. The first-order valence-corrected chi connectivity index (χ1v) is 20.0. The van der Waals surface area contributed by atoms with Gasteiger partial charge in [0.1, 0.15) is 23.3 Å². The molecule has 0 atom stereocenters. The number of pyridine rings is 3. The number of aryl methyl sites for hydroxylation is 13. The van der Waals surface area contributed by atoms with Crippen molar-refractivity contribution in [1.29, 1.82) is 0 Å². The van der Waals surface area contributed by atoms with E-state index in [2.05, 4.69) is 185 Å². The first-order valence-electron chi connectivity index (χ1n) is 20.0. The van der Waals surface area contributed by atoms with Crippen molar-refractivity contribution >= 4 is 11.0 Å². The molecule has 5 heterocycles. The van der Waals surface area contributed by atoms with Crippen molar-refractivity contribution in [1.82, 2.24) is 39.5 Å². The van der Waals surface area contributed by atoms with Crippen LogP contribution in [0.25, 0.3) is 11.0 Å². The lowest BCUT2D eigenvalue weighted by molar-refractivity contribution is 0.875. The average molecular weight is 773 g/mol. The van der Waals surface area contributed by atoms with Crippen LogP contribution in [0.5, 0.6) is 0 Å². The van der Waals surface area contributed by atoms with Crippen LogP contribution >= 0.6 is 0 Å². The Morgan fingerprint density at radius 3 is 0.737 bits per heavy atom. The first kappa shape index (κ1) is 48.3. The molecule has 0 bridgehead atoms. The summed E-state index contributed by atoms with van der Waals surface area (Å²) in [7, 11) is 2.09. The van der Waals surface area contributed by atoms with Crippen molar-refractivity contribution in [2.75, 3.05) is 0 Å². The standard InChI is InChI=1S/C13H18N2.3C10H15N.C6H9N3/c1-7-8(2)10(4)13-12(9(7)3)14-11(5)15(13)6;3*1-6-7(2)9(4)11-10(5)8(6)3;1-4-7-5(2)9-6(3)8-4/h1-6H3;3*1-5H3;1-3H3. The monoisotopic (exact) mass is 773 g/mol. The van der Waals surface area contributed by atoms with Crippen molar-refractivity contribution < 1.29 is 0 Å². The van der Waals surface area contributed by atoms with Crippen molar-refractivity contribution in [3.8, 4) is 0 Å². The zero-order valence-corrected chi connectivity index (χ0v) is 40.1. The van der Waals surface area contributed by atoms with Gasteiger partial charge in [-0.2, -0.15) is 0 Å². The Balaban J connectivity index is 0.000000249. The van der Waals surface area contributed by atoms with Gasteiger partial charge in [-0.15, -0.1) is 0 Å². The van der Waals surface area contributed by atoms with E-state index in [9.17, 15) is 0 Å². The molecule has 0 saturated heterocycles. The fraction of sp³-hybridized carbons (Fsp3) is 0.490. The molecule has 0 aliphatic carbocycles. The summed E-state index contributed by atoms with van der Waals surface area (Å²) in [6, 6.07) is 0. The molecule has 8 nitrogen and oxygen atoms in total. The molecule has 0 aliphatic rings. The third kappa shape index (κ3) is 11.6. The fourth-order valence-electron chi connectivity index (χ4n) is 6.73. The normalized spacial score (nSPS) is 10.5. The van der Waals surface area contributed by atoms with E-state index < -0.39 is 0 Å². The van der Waals surface area contributed by atoms with Crippen LogP contribution < -0.4 is 0 Å². The third-order valence-corrected chi connectivity index (χ3v) is 12.3. The van der Waals surface area contributed by atoms with E-state index in [1.165, 1.54) is 77.8 Å². The number of rotatable bonds is 0. The highest BCUT2D eigenvalue weighted by atomic mass is 15.1. The molecule has 0 unspecified atom stereocenters. The Hall–Kier alpha value is -4.85. The average Bonchev–Trinajstić information content (AvgIpc) is 3.45. The zero-order chi connectivity index (χ0) is 44.0. The number of nitrogens with zero attached hydrogens (tertiary/aromatic N) is 8. The second-order valence-electron chi connectivity index (χ2n) is 15.9. The molecule has 6 aromatic rings. The molecular formula is C49H72N8. The van der Waals surface area contributed by atoms with Crippen LogP contribution in [-0.2, 0) is 7.05 Å². The van der Waals surface area contributed by atoms with E-state index in [1.807, 2.05) is 20.8 Å². The highest BCUT2D eigenvalue weighted by Crippen LogP contribution is 2.28. The van der Waals surface area contributed by atoms with Crippen LogP contribution in [-0.4, -0.2) is 39.5 Å². The number of hydrogen-bond acceptors (Lipinski definition) is 7. The Morgan fingerprint density at radius 2 is 0.474 bits per heavy atom. The number of aromatic nitrogens is 8. The minimum atomic E-state index is 0.792. The summed E-state index contributed by atoms with van der Waals surface area (Å²) in [5.74, 6) is 3.46. The van der Waals surface area contributed by atoms with Gasteiger partial charge in [0.2, 0.25) is 0 Å². The number of hydrogen-bond donors (Lipinski definition) is 0. The van der Waals surface area contributed by atoms with Gasteiger partial charge in [-0.3, -0.25) is 15.0 Å². The molecule has 308 valence electrons. The van der Waals surface area contributed by atoms with Crippen molar-refractivity contribution in [2.45, 2.75) is 159 Å². The van der Waals surface area contributed by atoms with Gasteiger partial charge in [-0.25, -0.2) is 19.9 Å². The predicted molar refractivity (Wildman–Crippen MR) is 242 cm³/mol. The summed E-state index contributed by atoms with van der Waals surface area (Å²) in [6.45, 7) is 48.0. The second-order valence-corrected chi connectivity index (χ2v) is 15.9. The number of benzene rings is 1. The Morgan fingerprint density at radius 1 is 0.246 bits per heavy atom. The quantitative estimate of drug-likeness (QED) is 0.152. The van der Waals surface area contributed by atoms with Gasteiger partial charge in [-0.05, 0) is 232 Å². The summed E-state index contributed by atoms with van der Waals surface area (Å²) in [5, 5.41) is 0. The summed E-state index contributed by atoms with van der Waals surface area (Å²) in [4.78, 5) is 30.0. The molecule has 57 heavy (non-hydrogen) atoms. The van der Waals surface area contributed by atoms with E-state index in [4.69, 9.17) is 0 Å². The van der Waals surface area contributed by atoms with Crippen LogP contribution in [0, 0.1) is 159 Å². The summed E-state index contributed by atoms with van der Waals surface area (Å²) >= 11 is 0. The maximum atomic E-state index is 4.64. The third-order valence-electron chi connectivity index (χ3n) is 12.3. The van der Waals surface area contributed by atoms with Crippen LogP contribution in [0.2, 0.25) is 0 Å². The molecule has 0 spiro atoms. The first-order chi connectivity index (χ1) is 26.2.